The van der Waals surface area contributed by atoms with E-state index in [0.29, 0.717) is 0 Å². The Hall–Kier alpha value is 1.41. The summed E-state index contributed by atoms with van der Waals surface area (Å²) >= 11 is 8.10. The van der Waals surface area contributed by atoms with Crippen LogP contribution in [0.5, 0.6) is 0 Å². The Morgan fingerprint density at radius 3 is 0.818 bits per heavy atom. The quantitative estimate of drug-likeness (QED) is 0.284. The maximum Gasteiger partial charge on any atom is 0.190 e. The van der Waals surface area contributed by atoms with E-state index in [-0.39, 0.29) is 13.5 Å². The van der Waals surface area contributed by atoms with E-state index < -0.39 is 13.1 Å². The fourth-order valence-corrected chi connectivity index (χ4v) is 0. The Kier molecular flexibility index (Phi) is 11.4. The van der Waals surface area contributed by atoms with Crippen molar-refractivity contribution >= 4 is 50.2 Å². The first-order valence-corrected chi connectivity index (χ1v) is 7.58. The maximum atomic E-state index is 8.00. The molecule has 0 saturated carbocycles. The van der Waals surface area contributed by atoms with Gasteiger partial charge in [-0.15, -0.1) is 0 Å². The van der Waals surface area contributed by atoms with Crippen molar-refractivity contribution in [2.24, 2.45) is 22.0 Å². The molecule has 11 heteroatoms. The molecule has 0 aromatic heterocycles. The van der Waals surface area contributed by atoms with Gasteiger partial charge in [-0.1, -0.05) is 0 Å². The molecule has 0 aliphatic rings. The molecule has 0 amide bonds. The van der Waals surface area contributed by atoms with Gasteiger partial charge < -0.3 is 9.79 Å². The summed E-state index contributed by atoms with van der Waals surface area (Å²) in [5.74, 6) is 0. The molecule has 0 radical (unpaired) electrons. The molecule has 11 heavy (non-hydrogen) atoms. The Morgan fingerprint density at radius 1 is 0.818 bits per heavy atom. The lowest BCUT2D eigenvalue weighted by atomic mass is 13.9. The molecule has 0 spiro atoms. The van der Waals surface area contributed by atoms with Crippen molar-refractivity contribution in [1.82, 2.24) is 0 Å². The maximum absolute atomic E-state index is 8.00. The Labute approximate surface area is 82.2 Å². The SMILES string of the molecule is NP(N)(O)=S.NP(N)(O)=S.S. The van der Waals surface area contributed by atoms with Gasteiger partial charge in [-0.05, 0) is 23.6 Å². The minimum absolute atomic E-state index is 0. The zero-order valence-electron chi connectivity index (χ0n) is 5.41. The zero-order chi connectivity index (χ0) is 9.00. The molecule has 10 N–H and O–H groups in total. The van der Waals surface area contributed by atoms with E-state index in [0.717, 1.165) is 0 Å². The second-order valence-corrected chi connectivity index (χ2v) is 7.54. The molecule has 72 valence electrons. The van der Waals surface area contributed by atoms with E-state index in [1.165, 1.54) is 0 Å². The molecule has 0 aliphatic heterocycles. The molecule has 0 bridgehead atoms. The molecular weight excluding hydrogens is 246 g/mol. The van der Waals surface area contributed by atoms with Gasteiger partial charge in [0.05, 0.1) is 0 Å². The number of nitrogens with two attached hydrogens (primary N) is 4. The van der Waals surface area contributed by atoms with Gasteiger partial charge in [0.2, 0.25) is 0 Å². The zero-order valence-corrected chi connectivity index (χ0v) is 9.84. The van der Waals surface area contributed by atoms with Crippen molar-refractivity contribution in [1.29, 1.82) is 0 Å². The van der Waals surface area contributed by atoms with Gasteiger partial charge in [-0.3, -0.25) is 22.0 Å². The van der Waals surface area contributed by atoms with E-state index in [9.17, 15) is 0 Å². The molecular formula is H12N4O2P2S3. The number of hydrogen-bond acceptors (Lipinski definition) is 2. The molecule has 0 unspecified atom stereocenters. The third-order valence-electron chi connectivity index (χ3n) is 0. The first-order valence-electron chi connectivity index (χ1n) is 1.80. The van der Waals surface area contributed by atoms with Crippen LogP contribution >= 0.6 is 26.6 Å². The molecule has 0 fully saturated rings. The van der Waals surface area contributed by atoms with Crippen molar-refractivity contribution in [2.75, 3.05) is 0 Å². The molecule has 6 nitrogen and oxygen atoms in total. The van der Waals surface area contributed by atoms with Crippen molar-refractivity contribution in [3.63, 3.8) is 0 Å². The van der Waals surface area contributed by atoms with Crippen LogP contribution in [0.1, 0.15) is 0 Å². The predicted octanol–water partition coefficient (Wildman–Crippen LogP) is -1.65. The predicted molar refractivity (Wildman–Crippen MR) is 60.1 cm³/mol. The van der Waals surface area contributed by atoms with Crippen LogP contribution in [0, 0.1) is 0 Å². The van der Waals surface area contributed by atoms with Crippen molar-refractivity contribution in [3.05, 3.63) is 0 Å². The molecule has 0 heterocycles. The van der Waals surface area contributed by atoms with Crippen LogP contribution in [0.4, 0.5) is 0 Å². The summed E-state index contributed by atoms with van der Waals surface area (Å²) in [6, 6.07) is 0. The standard InChI is InChI=1S/2H5N2OPS.H2S/c2*1-4(2,3)5;/h2*(H5,1,2,3,5);1H2. The van der Waals surface area contributed by atoms with Crippen molar-refractivity contribution in [3.8, 4) is 0 Å². The highest BCUT2D eigenvalue weighted by molar-refractivity contribution is 8.09. The Balaban J connectivity index is -0.000000107. The minimum atomic E-state index is -2.81. The lowest BCUT2D eigenvalue weighted by Crippen LogP contribution is -2.00. The van der Waals surface area contributed by atoms with Gasteiger partial charge in [-0.25, -0.2) is 0 Å². The van der Waals surface area contributed by atoms with Crippen LogP contribution in [-0.4, -0.2) is 9.79 Å². The molecule has 0 aromatic carbocycles. The van der Waals surface area contributed by atoms with E-state index in [1.54, 1.807) is 0 Å². The summed E-state index contributed by atoms with van der Waals surface area (Å²) in [5.41, 5.74) is 18.5. The number of rotatable bonds is 0. The highest BCUT2D eigenvalue weighted by Gasteiger charge is 1.86. The van der Waals surface area contributed by atoms with E-state index in [2.05, 4.69) is 45.6 Å². The largest absolute Gasteiger partial charge is 0.343 e. The highest BCUT2D eigenvalue weighted by atomic mass is 32.5. The summed E-state index contributed by atoms with van der Waals surface area (Å²) in [6.45, 7) is -5.61. The van der Waals surface area contributed by atoms with Gasteiger partial charge in [0.1, 0.15) is 0 Å². The average Bonchev–Trinajstić information content (AvgIpc) is 1.12. The van der Waals surface area contributed by atoms with E-state index >= 15 is 0 Å². The van der Waals surface area contributed by atoms with Crippen molar-refractivity contribution < 1.29 is 9.79 Å². The summed E-state index contributed by atoms with van der Waals surface area (Å²) in [6.07, 6.45) is 0. The van der Waals surface area contributed by atoms with Crippen LogP contribution in [0.3, 0.4) is 0 Å². The van der Waals surface area contributed by atoms with Gasteiger partial charge in [0, 0.05) is 0 Å². The highest BCUT2D eigenvalue weighted by Crippen LogP contribution is 2.14. The monoisotopic (exact) mass is 258 g/mol. The topological polar surface area (TPSA) is 145 Å². The Morgan fingerprint density at radius 2 is 0.818 bits per heavy atom. The Bertz CT molecular complexity index is 134. The lowest BCUT2D eigenvalue weighted by Gasteiger charge is -1.92. The third-order valence-corrected chi connectivity index (χ3v) is 0. The first kappa shape index (κ1) is 18.2. The van der Waals surface area contributed by atoms with Gasteiger partial charge >= 0.3 is 0 Å². The second-order valence-electron chi connectivity index (χ2n) is 1.34. The fraction of sp³-hybridized carbons (Fsp3) is 0. The molecule has 0 atom stereocenters. The fourth-order valence-electron chi connectivity index (χ4n) is 0. The first-order chi connectivity index (χ1) is 4.00. The molecule has 0 aliphatic carbocycles. The number of hydrogen-bond donors (Lipinski definition) is 6. The van der Waals surface area contributed by atoms with Crippen LogP contribution in [0.25, 0.3) is 0 Å². The normalized spacial score (nSPS) is 10.7. The summed E-state index contributed by atoms with van der Waals surface area (Å²) in [4.78, 5) is 16.0. The van der Waals surface area contributed by atoms with Gasteiger partial charge in [0.25, 0.3) is 0 Å². The average molecular weight is 258 g/mol. The van der Waals surface area contributed by atoms with E-state index in [4.69, 9.17) is 9.79 Å². The van der Waals surface area contributed by atoms with Gasteiger partial charge in [-0.2, -0.15) is 13.5 Å². The molecule has 0 rings (SSSR count). The minimum Gasteiger partial charge on any atom is -0.343 e. The smallest absolute Gasteiger partial charge is 0.190 e. The van der Waals surface area contributed by atoms with E-state index in [1.807, 2.05) is 0 Å². The third kappa shape index (κ3) is 508. The van der Waals surface area contributed by atoms with Crippen molar-refractivity contribution in [2.45, 2.75) is 0 Å². The molecule has 0 aromatic rings. The van der Waals surface area contributed by atoms with Gasteiger partial charge in [0.15, 0.2) is 13.1 Å². The van der Waals surface area contributed by atoms with Crippen LogP contribution < -0.4 is 22.0 Å². The summed E-state index contributed by atoms with van der Waals surface area (Å²) in [5, 5.41) is 0. The van der Waals surface area contributed by atoms with Crippen LogP contribution in [-0.2, 0) is 23.6 Å². The second kappa shape index (κ2) is 6.88. The molecule has 0 saturated heterocycles. The van der Waals surface area contributed by atoms with Crippen LogP contribution in [0.15, 0.2) is 0 Å². The van der Waals surface area contributed by atoms with Crippen LogP contribution in [0.2, 0.25) is 0 Å². The lowest BCUT2D eigenvalue weighted by molar-refractivity contribution is 0.623. The summed E-state index contributed by atoms with van der Waals surface area (Å²) in [7, 11) is 0. The summed E-state index contributed by atoms with van der Waals surface area (Å²) < 4.78 is 0.